The molecule has 2 N–H and O–H groups in total. The molecule has 8 heteroatoms. The Bertz CT molecular complexity index is 414. The number of hydrogen-bond acceptors (Lipinski definition) is 3. The van der Waals surface area contributed by atoms with Crippen molar-refractivity contribution in [3.63, 3.8) is 0 Å². The largest absolute Gasteiger partial charge is 0.383 e. The summed E-state index contributed by atoms with van der Waals surface area (Å²) in [4.78, 5) is 14.7. The lowest BCUT2D eigenvalue weighted by Crippen LogP contribution is -2.45. The summed E-state index contributed by atoms with van der Waals surface area (Å²) in [6.45, 7) is 0.908. The molecule has 0 aliphatic heterocycles. The number of pyridine rings is 1. The molecule has 0 unspecified atom stereocenters. The number of nitrogens with zero attached hydrogens (tertiary/aromatic N) is 1. The van der Waals surface area contributed by atoms with Gasteiger partial charge in [0.15, 0.2) is 0 Å². The van der Waals surface area contributed by atoms with E-state index in [9.17, 15) is 22.4 Å². The van der Waals surface area contributed by atoms with Crippen molar-refractivity contribution in [1.29, 1.82) is 0 Å². The van der Waals surface area contributed by atoms with Crippen LogP contribution in [-0.2, 0) is 11.3 Å². The Balaban J connectivity index is 2.12. The molecule has 1 heterocycles. The highest BCUT2D eigenvalue weighted by atomic mass is 19.3. The Kier molecular flexibility index (Phi) is 6.37. The van der Waals surface area contributed by atoms with E-state index in [1.807, 2.05) is 6.07 Å². The third kappa shape index (κ3) is 5.12. The molecule has 0 aromatic carbocycles. The van der Waals surface area contributed by atoms with Crippen LogP contribution in [-0.4, -0.2) is 36.3 Å². The van der Waals surface area contributed by atoms with Crippen molar-refractivity contribution < 1.29 is 22.4 Å². The number of nitrogens with one attached hydrogen (secondary N) is 2. The molecule has 1 aromatic heterocycles. The van der Waals surface area contributed by atoms with Crippen LogP contribution in [0.4, 0.5) is 17.6 Å². The van der Waals surface area contributed by atoms with Crippen molar-refractivity contribution in [3.8, 4) is 0 Å². The van der Waals surface area contributed by atoms with Gasteiger partial charge in [-0.1, -0.05) is 6.07 Å². The fraction of sp³-hybridized carbons (Fsp3) is 0.500. The van der Waals surface area contributed by atoms with Crippen LogP contribution in [0.1, 0.15) is 12.0 Å². The third-order valence-electron chi connectivity index (χ3n) is 2.44. The standard InChI is InChI=1S/C12H15F4N3O/c13-10(14)12(15,16)11(20)19-6-2-5-18-8-9-3-1-4-17-7-9/h1,3-4,7,10,18H,2,5-6,8H2,(H,19,20). The first-order chi connectivity index (χ1) is 9.44. The number of amides is 1. The van der Waals surface area contributed by atoms with Gasteiger partial charge in [0.25, 0.3) is 5.91 Å². The summed E-state index contributed by atoms with van der Waals surface area (Å²) in [6.07, 6.45) is -0.322. The molecule has 112 valence electrons. The zero-order valence-corrected chi connectivity index (χ0v) is 10.6. The molecule has 4 nitrogen and oxygen atoms in total. The van der Waals surface area contributed by atoms with E-state index < -0.39 is 18.3 Å². The monoisotopic (exact) mass is 293 g/mol. The van der Waals surface area contributed by atoms with Crippen molar-refractivity contribution in [2.45, 2.75) is 25.3 Å². The number of hydrogen-bond donors (Lipinski definition) is 2. The second-order valence-corrected chi connectivity index (χ2v) is 4.07. The average Bonchev–Trinajstić information content (AvgIpc) is 2.43. The fourth-order valence-electron chi connectivity index (χ4n) is 1.37. The molecule has 0 bridgehead atoms. The van der Waals surface area contributed by atoms with Gasteiger partial charge in [0.2, 0.25) is 0 Å². The average molecular weight is 293 g/mol. The summed E-state index contributed by atoms with van der Waals surface area (Å²) in [5, 5.41) is 4.79. The van der Waals surface area contributed by atoms with Crippen molar-refractivity contribution in [3.05, 3.63) is 30.1 Å². The molecule has 0 atom stereocenters. The van der Waals surface area contributed by atoms with Gasteiger partial charge in [-0.05, 0) is 24.6 Å². The van der Waals surface area contributed by atoms with Gasteiger partial charge in [0, 0.05) is 25.5 Å². The van der Waals surface area contributed by atoms with Gasteiger partial charge in [-0.2, -0.15) is 8.78 Å². The summed E-state index contributed by atoms with van der Waals surface area (Å²) < 4.78 is 48.8. The van der Waals surface area contributed by atoms with Crippen LogP contribution in [0.5, 0.6) is 0 Å². The minimum atomic E-state index is -4.64. The second-order valence-electron chi connectivity index (χ2n) is 4.07. The first-order valence-electron chi connectivity index (χ1n) is 5.98. The molecule has 1 rings (SSSR count). The van der Waals surface area contributed by atoms with Crippen LogP contribution in [0.25, 0.3) is 0 Å². The predicted molar refractivity (Wildman–Crippen MR) is 64.5 cm³/mol. The molecular weight excluding hydrogens is 278 g/mol. The molecule has 0 fully saturated rings. The Hall–Kier alpha value is -1.70. The Morgan fingerprint density at radius 3 is 2.70 bits per heavy atom. The Labute approximate surface area is 113 Å². The van der Waals surface area contributed by atoms with Gasteiger partial charge in [0.05, 0.1) is 0 Å². The highest BCUT2D eigenvalue weighted by Gasteiger charge is 2.48. The number of halogens is 4. The third-order valence-corrected chi connectivity index (χ3v) is 2.44. The quantitative estimate of drug-likeness (QED) is 0.565. The molecular formula is C12H15F4N3O. The zero-order chi connectivity index (χ0) is 15.0. The molecule has 0 saturated carbocycles. The van der Waals surface area contributed by atoms with Gasteiger partial charge < -0.3 is 10.6 Å². The van der Waals surface area contributed by atoms with Crippen LogP contribution >= 0.6 is 0 Å². The van der Waals surface area contributed by atoms with E-state index in [1.165, 1.54) is 0 Å². The van der Waals surface area contributed by atoms with Crippen LogP contribution in [0, 0.1) is 0 Å². The zero-order valence-electron chi connectivity index (χ0n) is 10.6. The number of alkyl halides is 4. The summed E-state index contributed by atoms with van der Waals surface area (Å²) in [5.41, 5.74) is 0.959. The molecule has 0 saturated heterocycles. The minimum absolute atomic E-state index is 0.0960. The van der Waals surface area contributed by atoms with E-state index in [0.717, 1.165) is 5.56 Å². The highest BCUT2D eigenvalue weighted by Crippen LogP contribution is 2.22. The molecule has 0 spiro atoms. The van der Waals surface area contributed by atoms with Gasteiger partial charge in [0.1, 0.15) is 0 Å². The first-order valence-corrected chi connectivity index (χ1v) is 5.98. The summed E-state index contributed by atoms with van der Waals surface area (Å²) >= 11 is 0. The smallest absolute Gasteiger partial charge is 0.351 e. The molecule has 0 aliphatic carbocycles. The lowest BCUT2D eigenvalue weighted by atomic mass is 10.3. The lowest BCUT2D eigenvalue weighted by Gasteiger charge is -2.14. The van der Waals surface area contributed by atoms with E-state index in [-0.39, 0.29) is 6.54 Å². The SMILES string of the molecule is O=C(NCCCNCc1cccnc1)C(F)(F)C(F)F. The van der Waals surface area contributed by atoms with E-state index in [1.54, 1.807) is 23.8 Å². The van der Waals surface area contributed by atoms with Gasteiger partial charge in [-0.3, -0.25) is 9.78 Å². The van der Waals surface area contributed by atoms with Crippen molar-refractivity contribution in [1.82, 2.24) is 15.6 Å². The normalized spacial score (nSPS) is 11.7. The highest BCUT2D eigenvalue weighted by molar-refractivity contribution is 5.83. The van der Waals surface area contributed by atoms with Crippen LogP contribution < -0.4 is 10.6 Å². The van der Waals surface area contributed by atoms with E-state index in [0.29, 0.717) is 19.5 Å². The Morgan fingerprint density at radius 2 is 2.10 bits per heavy atom. The maximum absolute atomic E-state index is 12.6. The van der Waals surface area contributed by atoms with Crippen molar-refractivity contribution >= 4 is 5.91 Å². The number of aromatic nitrogens is 1. The van der Waals surface area contributed by atoms with Gasteiger partial charge in [-0.15, -0.1) is 0 Å². The molecule has 20 heavy (non-hydrogen) atoms. The molecule has 0 radical (unpaired) electrons. The number of carbonyl (C=O) groups excluding carboxylic acids is 1. The summed E-state index contributed by atoms with van der Waals surface area (Å²) in [7, 11) is 0. The van der Waals surface area contributed by atoms with E-state index in [2.05, 4.69) is 10.3 Å². The first kappa shape index (κ1) is 16.4. The summed E-state index contributed by atoms with van der Waals surface area (Å²) in [5.74, 6) is -6.58. The molecule has 1 aromatic rings. The van der Waals surface area contributed by atoms with Gasteiger partial charge in [-0.25, -0.2) is 8.78 Å². The fourth-order valence-corrected chi connectivity index (χ4v) is 1.37. The topological polar surface area (TPSA) is 54.0 Å². The number of carbonyl (C=O) groups is 1. The lowest BCUT2D eigenvalue weighted by molar-refractivity contribution is -0.169. The second kappa shape index (κ2) is 7.78. The van der Waals surface area contributed by atoms with Crippen LogP contribution in [0.15, 0.2) is 24.5 Å². The van der Waals surface area contributed by atoms with Crippen LogP contribution in [0.2, 0.25) is 0 Å². The van der Waals surface area contributed by atoms with Crippen molar-refractivity contribution in [2.24, 2.45) is 0 Å². The van der Waals surface area contributed by atoms with Gasteiger partial charge >= 0.3 is 12.3 Å². The molecule has 0 aliphatic rings. The van der Waals surface area contributed by atoms with Crippen molar-refractivity contribution in [2.75, 3.05) is 13.1 Å². The maximum atomic E-state index is 12.6. The van der Waals surface area contributed by atoms with E-state index in [4.69, 9.17) is 0 Å². The van der Waals surface area contributed by atoms with Crippen LogP contribution in [0.3, 0.4) is 0 Å². The minimum Gasteiger partial charge on any atom is -0.351 e. The predicted octanol–water partition coefficient (Wildman–Crippen LogP) is 1.58. The Morgan fingerprint density at radius 1 is 1.35 bits per heavy atom. The van der Waals surface area contributed by atoms with E-state index >= 15 is 0 Å². The number of rotatable bonds is 8. The maximum Gasteiger partial charge on any atom is 0.383 e. The summed E-state index contributed by atoms with van der Waals surface area (Å²) in [6, 6.07) is 3.65. The molecule has 1 amide bonds.